The van der Waals surface area contributed by atoms with Gasteiger partial charge in [-0.15, -0.1) is 11.3 Å². The van der Waals surface area contributed by atoms with Crippen molar-refractivity contribution in [3.63, 3.8) is 0 Å². The SMILES string of the molecule is CN1C(=O)C2CN2C(=O)c2sccc21. The lowest BCUT2D eigenvalue weighted by Gasteiger charge is -2.13. The Morgan fingerprint density at radius 3 is 3.07 bits per heavy atom. The summed E-state index contributed by atoms with van der Waals surface area (Å²) in [5, 5.41) is 1.84. The highest BCUT2D eigenvalue weighted by molar-refractivity contribution is 7.12. The molecular weight excluding hydrogens is 200 g/mol. The van der Waals surface area contributed by atoms with Crippen molar-refractivity contribution in [2.24, 2.45) is 0 Å². The largest absolute Gasteiger partial charge is 0.321 e. The van der Waals surface area contributed by atoms with Gasteiger partial charge in [-0.3, -0.25) is 9.59 Å². The van der Waals surface area contributed by atoms with Gasteiger partial charge in [-0.1, -0.05) is 0 Å². The fraction of sp³-hybridized carbons (Fsp3) is 0.333. The lowest BCUT2D eigenvalue weighted by Crippen LogP contribution is -2.30. The fourth-order valence-corrected chi connectivity index (χ4v) is 2.65. The number of rotatable bonds is 0. The molecule has 14 heavy (non-hydrogen) atoms. The maximum atomic E-state index is 11.8. The molecular formula is C9H8N2O2S. The molecule has 1 saturated heterocycles. The smallest absolute Gasteiger partial charge is 0.266 e. The van der Waals surface area contributed by atoms with Crippen LogP contribution >= 0.6 is 11.3 Å². The standard InChI is InChI=1S/C9H8N2O2S/c1-10-5-2-3-14-7(5)9(13)11-4-6(11)8(10)12/h2-3,6H,4H2,1H3. The van der Waals surface area contributed by atoms with E-state index in [1.54, 1.807) is 16.8 Å². The summed E-state index contributed by atoms with van der Waals surface area (Å²) in [5.41, 5.74) is 0.747. The van der Waals surface area contributed by atoms with Gasteiger partial charge in [0.05, 0.1) is 12.2 Å². The molecule has 0 bridgehead atoms. The molecule has 5 heteroatoms. The molecule has 2 aliphatic heterocycles. The average Bonchev–Trinajstić information content (AvgIpc) is 2.84. The number of hydrogen-bond acceptors (Lipinski definition) is 3. The second-order valence-corrected chi connectivity index (χ2v) is 4.42. The van der Waals surface area contributed by atoms with Crippen LogP contribution in [0.3, 0.4) is 0 Å². The van der Waals surface area contributed by atoms with Gasteiger partial charge in [0.15, 0.2) is 0 Å². The number of carbonyl (C=O) groups is 2. The molecule has 1 aromatic heterocycles. The van der Waals surface area contributed by atoms with Crippen LogP contribution in [0.1, 0.15) is 9.67 Å². The normalized spacial score (nSPS) is 24.5. The summed E-state index contributed by atoms with van der Waals surface area (Å²) < 4.78 is 0. The van der Waals surface area contributed by atoms with Gasteiger partial charge in [0.2, 0.25) is 0 Å². The van der Waals surface area contributed by atoms with Crippen LogP contribution in [-0.2, 0) is 4.79 Å². The molecule has 4 nitrogen and oxygen atoms in total. The summed E-state index contributed by atoms with van der Waals surface area (Å²) in [4.78, 5) is 27.4. The lowest BCUT2D eigenvalue weighted by atomic mass is 10.3. The van der Waals surface area contributed by atoms with Gasteiger partial charge in [-0.05, 0) is 11.4 Å². The number of anilines is 1. The molecule has 0 aromatic carbocycles. The second-order valence-electron chi connectivity index (χ2n) is 3.51. The third-order valence-electron chi connectivity index (χ3n) is 2.69. The van der Waals surface area contributed by atoms with Gasteiger partial charge in [-0.25, -0.2) is 0 Å². The van der Waals surface area contributed by atoms with Crippen molar-refractivity contribution in [1.29, 1.82) is 0 Å². The van der Waals surface area contributed by atoms with Gasteiger partial charge in [-0.2, -0.15) is 0 Å². The third kappa shape index (κ3) is 0.824. The van der Waals surface area contributed by atoms with Crippen LogP contribution in [-0.4, -0.2) is 36.3 Å². The Kier molecular flexibility index (Phi) is 1.35. The number of nitrogens with zero attached hydrogens (tertiary/aromatic N) is 2. The molecule has 0 aliphatic carbocycles. The summed E-state index contributed by atoms with van der Waals surface area (Å²) in [7, 11) is 1.73. The van der Waals surface area contributed by atoms with Gasteiger partial charge in [0.25, 0.3) is 11.8 Å². The molecule has 3 rings (SSSR count). The number of amides is 2. The van der Waals surface area contributed by atoms with E-state index in [-0.39, 0.29) is 17.9 Å². The van der Waals surface area contributed by atoms with Gasteiger partial charge < -0.3 is 9.80 Å². The first-order valence-electron chi connectivity index (χ1n) is 4.36. The summed E-state index contributed by atoms with van der Waals surface area (Å²) in [5.74, 6) is 0.0215. The minimum Gasteiger partial charge on any atom is -0.321 e. The Hall–Kier alpha value is -1.36. The number of likely N-dealkylation sites (N-methyl/N-ethyl adjacent to an activating group) is 1. The highest BCUT2D eigenvalue weighted by Crippen LogP contribution is 2.36. The Balaban J connectivity index is 2.18. The highest BCUT2D eigenvalue weighted by atomic mass is 32.1. The Labute approximate surface area is 84.7 Å². The molecule has 1 unspecified atom stereocenters. The zero-order valence-corrected chi connectivity index (χ0v) is 8.37. The van der Waals surface area contributed by atoms with Crippen molar-refractivity contribution in [2.75, 3.05) is 18.5 Å². The van der Waals surface area contributed by atoms with Crippen LogP contribution in [0.2, 0.25) is 0 Å². The minimum absolute atomic E-state index is 0.00213. The van der Waals surface area contributed by atoms with E-state index >= 15 is 0 Å². The van der Waals surface area contributed by atoms with Crippen molar-refractivity contribution in [3.8, 4) is 0 Å². The monoisotopic (exact) mass is 208 g/mol. The molecule has 1 atom stereocenters. The van der Waals surface area contributed by atoms with E-state index in [0.717, 1.165) is 5.69 Å². The van der Waals surface area contributed by atoms with E-state index in [2.05, 4.69) is 0 Å². The summed E-state index contributed by atoms with van der Waals surface area (Å²) in [6.07, 6.45) is 0. The minimum atomic E-state index is -0.202. The maximum Gasteiger partial charge on any atom is 0.266 e. The molecule has 3 heterocycles. The van der Waals surface area contributed by atoms with Crippen molar-refractivity contribution in [1.82, 2.24) is 4.90 Å². The third-order valence-corrected chi connectivity index (χ3v) is 3.58. The zero-order valence-electron chi connectivity index (χ0n) is 7.56. The number of fused-ring (bicyclic) bond motifs is 2. The van der Waals surface area contributed by atoms with Crippen LogP contribution < -0.4 is 4.90 Å². The molecule has 0 spiro atoms. The summed E-state index contributed by atoms with van der Waals surface area (Å²) >= 11 is 1.40. The van der Waals surface area contributed by atoms with Crippen molar-refractivity contribution < 1.29 is 9.59 Å². The Morgan fingerprint density at radius 2 is 2.29 bits per heavy atom. The van der Waals surface area contributed by atoms with Gasteiger partial charge in [0, 0.05) is 7.05 Å². The van der Waals surface area contributed by atoms with E-state index in [4.69, 9.17) is 0 Å². The Morgan fingerprint density at radius 1 is 1.50 bits per heavy atom. The second kappa shape index (κ2) is 2.36. The van der Waals surface area contributed by atoms with Crippen LogP contribution in [0.5, 0.6) is 0 Å². The summed E-state index contributed by atoms with van der Waals surface area (Å²) in [6.45, 7) is 0.583. The van der Waals surface area contributed by atoms with Crippen molar-refractivity contribution in [3.05, 3.63) is 16.3 Å². The van der Waals surface area contributed by atoms with E-state index in [9.17, 15) is 9.59 Å². The van der Waals surface area contributed by atoms with Crippen LogP contribution in [0.25, 0.3) is 0 Å². The maximum absolute atomic E-state index is 11.8. The average molecular weight is 208 g/mol. The quantitative estimate of drug-likeness (QED) is 0.584. The molecule has 0 N–H and O–H groups in total. The van der Waals surface area contributed by atoms with Crippen molar-refractivity contribution >= 4 is 28.8 Å². The van der Waals surface area contributed by atoms with E-state index in [1.807, 2.05) is 11.4 Å². The van der Waals surface area contributed by atoms with Crippen molar-refractivity contribution in [2.45, 2.75) is 6.04 Å². The predicted octanol–water partition coefficient (Wildman–Crippen LogP) is 0.549. The molecule has 72 valence electrons. The van der Waals surface area contributed by atoms with Crippen LogP contribution in [0.15, 0.2) is 11.4 Å². The van der Waals surface area contributed by atoms with E-state index in [1.165, 1.54) is 11.3 Å². The molecule has 0 saturated carbocycles. The lowest BCUT2D eigenvalue weighted by molar-refractivity contribution is -0.118. The fourth-order valence-electron chi connectivity index (χ4n) is 1.77. The highest BCUT2D eigenvalue weighted by Gasteiger charge is 2.49. The predicted molar refractivity (Wildman–Crippen MR) is 52.6 cm³/mol. The van der Waals surface area contributed by atoms with E-state index < -0.39 is 0 Å². The molecule has 0 radical (unpaired) electrons. The topological polar surface area (TPSA) is 40.4 Å². The molecule has 2 aliphatic rings. The first kappa shape index (κ1) is 7.99. The van der Waals surface area contributed by atoms with Gasteiger partial charge in [0.1, 0.15) is 10.9 Å². The first-order chi connectivity index (χ1) is 6.70. The summed E-state index contributed by atoms with van der Waals surface area (Å²) in [6, 6.07) is 1.62. The van der Waals surface area contributed by atoms with E-state index in [0.29, 0.717) is 11.4 Å². The number of thiophene rings is 1. The van der Waals surface area contributed by atoms with Crippen LogP contribution in [0, 0.1) is 0 Å². The first-order valence-corrected chi connectivity index (χ1v) is 5.24. The molecule has 1 aromatic rings. The zero-order chi connectivity index (χ0) is 9.87. The van der Waals surface area contributed by atoms with Gasteiger partial charge >= 0.3 is 0 Å². The number of carbonyl (C=O) groups excluding carboxylic acids is 2. The molecule has 1 fully saturated rings. The number of hydrogen-bond donors (Lipinski definition) is 0. The molecule has 2 amide bonds. The van der Waals surface area contributed by atoms with Crippen LogP contribution in [0.4, 0.5) is 5.69 Å². The Bertz CT molecular complexity index is 440.